The van der Waals surface area contributed by atoms with Crippen molar-refractivity contribution in [3.8, 4) is 0 Å². The van der Waals surface area contributed by atoms with Crippen LogP contribution in [0.4, 0.5) is 22.7 Å². The zero-order valence-electron chi connectivity index (χ0n) is 14.7. The van der Waals surface area contributed by atoms with Crippen LogP contribution in [-0.4, -0.2) is 21.7 Å². The van der Waals surface area contributed by atoms with Crippen molar-refractivity contribution in [1.82, 2.24) is 0 Å². The van der Waals surface area contributed by atoms with E-state index in [0.29, 0.717) is 0 Å². The van der Waals surface area contributed by atoms with Crippen LogP contribution in [0.2, 0.25) is 10.0 Å². The van der Waals surface area contributed by atoms with Gasteiger partial charge in [-0.15, -0.1) is 0 Å². The molecule has 0 bridgehead atoms. The minimum absolute atomic E-state index is 0.0465. The lowest BCUT2D eigenvalue weighted by Crippen LogP contribution is -2.15. The number of nitro groups is 2. The Balaban J connectivity index is 1.87. The Labute approximate surface area is 174 Å². The van der Waals surface area contributed by atoms with E-state index in [1.807, 2.05) is 0 Å². The number of nitrogens with one attached hydrogen (secondary N) is 2. The molecule has 2 amide bonds. The van der Waals surface area contributed by atoms with Crippen molar-refractivity contribution < 1.29 is 19.4 Å². The fourth-order valence-corrected chi connectivity index (χ4v) is 2.61. The molecule has 0 aliphatic carbocycles. The van der Waals surface area contributed by atoms with Crippen LogP contribution < -0.4 is 10.6 Å². The largest absolute Gasteiger partial charge is 0.325 e. The van der Waals surface area contributed by atoms with Crippen molar-refractivity contribution in [3.05, 3.63) is 66.7 Å². The van der Waals surface area contributed by atoms with Gasteiger partial charge in [0.25, 0.3) is 11.4 Å². The van der Waals surface area contributed by atoms with Gasteiger partial charge in [-0.1, -0.05) is 23.2 Å². The van der Waals surface area contributed by atoms with Gasteiger partial charge < -0.3 is 10.6 Å². The number of nitrogens with zero attached hydrogens (tertiary/aromatic N) is 2. The van der Waals surface area contributed by atoms with E-state index in [1.54, 1.807) is 0 Å². The number of carbonyl (C=O) groups is 2. The number of nitro benzene ring substituents is 2. The van der Waals surface area contributed by atoms with E-state index < -0.39 is 21.7 Å². The molecule has 0 aromatic heterocycles. The third kappa shape index (κ3) is 6.40. The molecule has 0 saturated heterocycles. The maximum atomic E-state index is 12.0. The van der Waals surface area contributed by atoms with Crippen LogP contribution in [0, 0.1) is 20.2 Å². The summed E-state index contributed by atoms with van der Waals surface area (Å²) in [4.78, 5) is 44.3. The number of carbonyl (C=O) groups excluding carboxylic acids is 2. The van der Waals surface area contributed by atoms with Crippen LogP contribution in [0.1, 0.15) is 19.3 Å². The van der Waals surface area contributed by atoms with Crippen LogP contribution in [0.25, 0.3) is 0 Å². The Kier molecular flexibility index (Phi) is 7.46. The topological polar surface area (TPSA) is 144 Å². The second kappa shape index (κ2) is 9.80. The van der Waals surface area contributed by atoms with E-state index in [-0.39, 0.29) is 52.1 Å². The Morgan fingerprint density at radius 3 is 1.52 bits per heavy atom. The molecule has 2 aromatic carbocycles. The quantitative estimate of drug-likeness (QED) is 0.454. The van der Waals surface area contributed by atoms with E-state index in [2.05, 4.69) is 10.6 Å². The summed E-state index contributed by atoms with van der Waals surface area (Å²) < 4.78 is 0. The standard InChI is InChI=1S/C17H14Cl2N4O6/c18-12-6-4-10(22(26)27)8-14(12)20-16(24)2-1-3-17(25)21-15-9-11(23(28)29)5-7-13(15)19/h4-9H,1-3H2,(H,20,24)(H,21,25). The number of anilines is 2. The minimum Gasteiger partial charge on any atom is -0.325 e. The van der Waals surface area contributed by atoms with Gasteiger partial charge in [-0.2, -0.15) is 0 Å². The van der Waals surface area contributed by atoms with E-state index in [0.717, 1.165) is 12.1 Å². The molecule has 10 nitrogen and oxygen atoms in total. The third-order valence-corrected chi connectivity index (χ3v) is 4.34. The molecule has 0 atom stereocenters. The molecule has 29 heavy (non-hydrogen) atoms. The fourth-order valence-electron chi connectivity index (χ4n) is 2.28. The monoisotopic (exact) mass is 440 g/mol. The average Bonchev–Trinajstić information content (AvgIpc) is 2.65. The second-order valence-electron chi connectivity index (χ2n) is 5.79. The number of hydrogen-bond donors (Lipinski definition) is 2. The molecule has 12 heteroatoms. The van der Waals surface area contributed by atoms with Crippen molar-refractivity contribution in [2.75, 3.05) is 10.6 Å². The highest BCUT2D eigenvalue weighted by atomic mass is 35.5. The van der Waals surface area contributed by atoms with E-state index in [4.69, 9.17) is 23.2 Å². The molecular weight excluding hydrogens is 427 g/mol. The van der Waals surface area contributed by atoms with Gasteiger partial charge in [-0.25, -0.2) is 0 Å². The van der Waals surface area contributed by atoms with E-state index in [9.17, 15) is 29.8 Å². The molecule has 0 fully saturated rings. The summed E-state index contributed by atoms with van der Waals surface area (Å²) >= 11 is 11.8. The van der Waals surface area contributed by atoms with Gasteiger partial charge in [0.15, 0.2) is 0 Å². The molecule has 0 unspecified atom stereocenters. The molecule has 0 saturated carbocycles. The van der Waals surface area contributed by atoms with Crippen LogP contribution >= 0.6 is 23.2 Å². The number of halogens is 2. The zero-order chi connectivity index (χ0) is 21.6. The smallest absolute Gasteiger partial charge is 0.271 e. The summed E-state index contributed by atoms with van der Waals surface area (Å²) in [6.07, 6.45) is 0.0704. The van der Waals surface area contributed by atoms with Crippen molar-refractivity contribution in [3.63, 3.8) is 0 Å². The molecule has 2 N–H and O–H groups in total. The van der Waals surface area contributed by atoms with Gasteiger partial charge in [0.1, 0.15) is 0 Å². The van der Waals surface area contributed by atoms with Gasteiger partial charge in [-0.3, -0.25) is 29.8 Å². The molecule has 0 radical (unpaired) electrons. The molecule has 152 valence electrons. The molecule has 0 aliphatic rings. The summed E-state index contributed by atoms with van der Waals surface area (Å²) in [6.45, 7) is 0. The number of non-ortho nitro benzene ring substituents is 2. The summed E-state index contributed by atoms with van der Waals surface area (Å²) in [5, 5.41) is 26.8. The molecule has 2 rings (SSSR count). The van der Waals surface area contributed by atoms with Gasteiger partial charge >= 0.3 is 0 Å². The lowest BCUT2D eigenvalue weighted by Gasteiger charge is -2.08. The maximum Gasteiger partial charge on any atom is 0.271 e. The summed E-state index contributed by atoms with van der Waals surface area (Å²) in [6, 6.07) is 7.29. The van der Waals surface area contributed by atoms with Crippen molar-refractivity contribution in [1.29, 1.82) is 0 Å². The van der Waals surface area contributed by atoms with Crippen molar-refractivity contribution in [2.45, 2.75) is 19.3 Å². The average molecular weight is 441 g/mol. The first kappa shape index (κ1) is 22.1. The Morgan fingerprint density at radius 2 is 1.17 bits per heavy atom. The number of benzene rings is 2. The first-order valence-corrected chi connectivity index (χ1v) is 8.90. The normalized spacial score (nSPS) is 10.3. The number of hydrogen-bond acceptors (Lipinski definition) is 6. The zero-order valence-corrected chi connectivity index (χ0v) is 16.2. The maximum absolute atomic E-state index is 12.0. The fraction of sp³-hybridized carbons (Fsp3) is 0.176. The first-order valence-electron chi connectivity index (χ1n) is 8.15. The van der Waals surface area contributed by atoms with E-state index >= 15 is 0 Å². The van der Waals surface area contributed by atoms with Gasteiger partial charge in [-0.05, 0) is 18.6 Å². The summed E-state index contributed by atoms with van der Waals surface area (Å²) in [5.41, 5.74) is -0.256. The predicted octanol–water partition coefficient (Wildman–Crippen LogP) is 4.56. The number of rotatable bonds is 8. The van der Waals surface area contributed by atoms with E-state index in [1.165, 1.54) is 24.3 Å². The predicted molar refractivity (Wildman–Crippen MR) is 107 cm³/mol. The highest BCUT2D eigenvalue weighted by Crippen LogP contribution is 2.28. The second-order valence-corrected chi connectivity index (χ2v) is 6.61. The third-order valence-electron chi connectivity index (χ3n) is 3.68. The van der Waals surface area contributed by atoms with Gasteiger partial charge in [0.2, 0.25) is 11.8 Å². The molecule has 0 heterocycles. The van der Waals surface area contributed by atoms with Crippen LogP contribution in [-0.2, 0) is 9.59 Å². The molecule has 0 spiro atoms. The Hall–Kier alpha value is -3.24. The minimum atomic E-state index is -0.616. The highest BCUT2D eigenvalue weighted by Gasteiger charge is 2.14. The summed E-state index contributed by atoms with van der Waals surface area (Å²) in [7, 11) is 0. The molecule has 0 aliphatic heterocycles. The van der Waals surface area contributed by atoms with Crippen LogP contribution in [0.15, 0.2) is 36.4 Å². The lowest BCUT2D eigenvalue weighted by molar-refractivity contribution is -0.385. The highest BCUT2D eigenvalue weighted by molar-refractivity contribution is 6.34. The lowest BCUT2D eigenvalue weighted by atomic mass is 10.2. The molecular formula is C17H14Cl2N4O6. The molecule has 2 aromatic rings. The number of amides is 2. The van der Waals surface area contributed by atoms with Crippen molar-refractivity contribution >= 4 is 57.8 Å². The van der Waals surface area contributed by atoms with Crippen LogP contribution in [0.3, 0.4) is 0 Å². The Morgan fingerprint density at radius 1 is 0.793 bits per heavy atom. The first-order chi connectivity index (χ1) is 13.7. The SMILES string of the molecule is O=C(CCCC(=O)Nc1cc([N+](=O)[O-])ccc1Cl)Nc1cc([N+](=O)[O-])ccc1Cl. The van der Waals surface area contributed by atoms with Crippen LogP contribution in [0.5, 0.6) is 0 Å². The van der Waals surface area contributed by atoms with Crippen molar-refractivity contribution in [2.24, 2.45) is 0 Å². The Bertz CT molecular complexity index is 905. The van der Waals surface area contributed by atoms with Gasteiger partial charge in [0.05, 0.1) is 31.3 Å². The summed E-state index contributed by atoms with van der Waals surface area (Å²) in [5.74, 6) is -0.956. The van der Waals surface area contributed by atoms with Gasteiger partial charge in [0, 0.05) is 37.1 Å².